The Labute approximate surface area is 195 Å². The SMILES string of the molecule is COc1ccc(-c2ccc(N3CCN(C(=O)c4ccccc4I)CC3)nn2)cc1OC. The number of hydrogen-bond acceptors (Lipinski definition) is 6. The van der Waals surface area contributed by atoms with Crippen LogP contribution < -0.4 is 14.4 Å². The summed E-state index contributed by atoms with van der Waals surface area (Å²) in [6, 6.07) is 17.3. The lowest BCUT2D eigenvalue weighted by molar-refractivity contribution is 0.0745. The molecule has 0 aliphatic carbocycles. The normalized spacial score (nSPS) is 13.8. The largest absolute Gasteiger partial charge is 0.493 e. The average Bonchev–Trinajstić information content (AvgIpc) is 2.83. The van der Waals surface area contributed by atoms with Crippen LogP contribution in [0.5, 0.6) is 11.5 Å². The van der Waals surface area contributed by atoms with Crippen LogP contribution in [0.15, 0.2) is 54.6 Å². The lowest BCUT2D eigenvalue weighted by Gasteiger charge is -2.35. The van der Waals surface area contributed by atoms with Gasteiger partial charge in [-0.3, -0.25) is 4.79 Å². The second-order valence-electron chi connectivity index (χ2n) is 7.11. The van der Waals surface area contributed by atoms with Gasteiger partial charge in [-0.2, -0.15) is 0 Å². The predicted octanol–water partition coefficient (Wildman–Crippen LogP) is 3.73. The van der Waals surface area contributed by atoms with Crippen LogP contribution in [-0.2, 0) is 0 Å². The van der Waals surface area contributed by atoms with Gasteiger partial charge in [0.05, 0.1) is 25.5 Å². The van der Waals surface area contributed by atoms with Crippen LogP contribution >= 0.6 is 22.6 Å². The van der Waals surface area contributed by atoms with E-state index in [-0.39, 0.29) is 5.91 Å². The third-order valence-electron chi connectivity index (χ3n) is 5.32. The monoisotopic (exact) mass is 530 g/mol. The second-order valence-corrected chi connectivity index (χ2v) is 8.27. The molecule has 1 aromatic heterocycles. The molecule has 160 valence electrons. The number of methoxy groups -OCH3 is 2. The van der Waals surface area contributed by atoms with Gasteiger partial charge in [0.15, 0.2) is 17.3 Å². The topological polar surface area (TPSA) is 67.8 Å². The molecule has 7 nitrogen and oxygen atoms in total. The zero-order valence-corrected chi connectivity index (χ0v) is 19.6. The minimum absolute atomic E-state index is 0.0829. The van der Waals surface area contributed by atoms with E-state index in [1.54, 1.807) is 14.2 Å². The number of hydrogen-bond donors (Lipinski definition) is 0. The quantitative estimate of drug-likeness (QED) is 0.469. The van der Waals surface area contributed by atoms with Crippen LogP contribution in [0.3, 0.4) is 0 Å². The molecule has 0 spiro atoms. The van der Waals surface area contributed by atoms with Gasteiger partial charge in [0.25, 0.3) is 5.91 Å². The molecule has 1 saturated heterocycles. The Morgan fingerprint density at radius 3 is 2.29 bits per heavy atom. The summed E-state index contributed by atoms with van der Waals surface area (Å²) in [6.07, 6.45) is 0. The maximum Gasteiger partial charge on any atom is 0.255 e. The van der Waals surface area contributed by atoms with Crippen LogP contribution in [0.4, 0.5) is 5.82 Å². The molecule has 2 aromatic carbocycles. The summed E-state index contributed by atoms with van der Waals surface area (Å²) in [7, 11) is 3.22. The minimum Gasteiger partial charge on any atom is -0.493 e. The van der Waals surface area contributed by atoms with Crippen molar-refractivity contribution in [1.29, 1.82) is 0 Å². The lowest BCUT2D eigenvalue weighted by atomic mass is 10.1. The first kappa shape index (κ1) is 21.4. The van der Waals surface area contributed by atoms with Crippen molar-refractivity contribution in [3.8, 4) is 22.8 Å². The third-order valence-corrected chi connectivity index (χ3v) is 6.27. The Kier molecular flexibility index (Phi) is 6.55. The fourth-order valence-electron chi connectivity index (χ4n) is 3.59. The molecule has 2 heterocycles. The number of aromatic nitrogens is 2. The van der Waals surface area contributed by atoms with Crippen molar-refractivity contribution in [2.75, 3.05) is 45.3 Å². The molecule has 0 atom stereocenters. The molecule has 3 aromatic rings. The number of rotatable bonds is 5. The van der Waals surface area contributed by atoms with E-state index in [1.165, 1.54) is 0 Å². The van der Waals surface area contributed by atoms with Gasteiger partial charge < -0.3 is 19.3 Å². The van der Waals surface area contributed by atoms with E-state index in [0.29, 0.717) is 24.6 Å². The zero-order valence-electron chi connectivity index (χ0n) is 17.4. The summed E-state index contributed by atoms with van der Waals surface area (Å²) in [5, 5.41) is 8.82. The van der Waals surface area contributed by atoms with Crippen molar-refractivity contribution in [2.45, 2.75) is 0 Å². The van der Waals surface area contributed by atoms with Crippen LogP contribution in [0.25, 0.3) is 11.3 Å². The van der Waals surface area contributed by atoms with Crippen LogP contribution in [0.1, 0.15) is 10.4 Å². The molecular weight excluding hydrogens is 507 g/mol. The highest BCUT2D eigenvalue weighted by molar-refractivity contribution is 14.1. The van der Waals surface area contributed by atoms with E-state index in [9.17, 15) is 4.79 Å². The van der Waals surface area contributed by atoms with Gasteiger partial charge in [0, 0.05) is 35.3 Å². The van der Waals surface area contributed by atoms with Crippen LogP contribution in [-0.4, -0.2) is 61.4 Å². The summed E-state index contributed by atoms with van der Waals surface area (Å²) in [5.41, 5.74) is 2.43. The minimum atomic E-state index is 0.0829. The highest BCUT2D eigenvalue weighted by Gasteiger charge is 2.24. The zero-order chi connectivity index (χ0) is 21.8. The lowest BCUT2D eigenvalue weighted by Crippen LogP contribution is -2.49. The van der Waals surface area contributed by atoms with Gasteiger partial charge in [-0.1, -0.05) is 12.1 Å². The Bertz CT molecular complexity index is 1070. The van der Waals surface area contributed by atoms with Crippen molar-refractivity contribution in [3.05, 3.63) is 63.7 Å². The Hall–Kier alpha value is -2.88. The number of piperazine rings is 1. The summed E-state index contributed by atoms with van der Waals surface area (Å²) < 4.78 is 11.6. The molecule has 0 unspecified atom stereocenters. The first-order chi connectivity index (χ1) is 15.1. The summed E-state index contributed by atoms with van der Waals surface area (Å²) in [5.74, 6) is 2.22. The second kappa shape index (κ2) is 9.51. The van der Waals surface area contributed by atoms with E-state index < -0.39 is 0 Å². The van der Waals surface area contributed by atoms with Crippen molar-refractivity contribution >= 4 is 34.3 Å². The molecule has 8 heteroatoms. The molecule has 0 bridgehead atoms. The van der Waals surface area contributed by atoms with E-state index in [0.717, 1.165) is 39.3 Å². The number of nitrogens with zero attached hydrogens (tertiary/aromatic N) is 4. The van der Waals surface area contributed by atoms with Gasteiger partial charge in [0.1, 0.15) is 0 Å². The maximum atomic E-state index is 12.8. The highest BCUT2D eigenvalue weighted by atomic mass is 127. The summed E-state index contributed by atoms with van der Waals surface area (Å²) in [6.45, 7) is 2.75. The van der Waals surface area contributed by atoms with Gasteiger partial charge in [-0.15, -0.1) is 10.2 Å². The van der Waals surface area contributed by atoms with Gasteiger partial charge in [-0.05, 0) is 65.1 Å². The number of anilines is 1. The Morgan fingerprint density at radius 1 is 0.903 bits per heavy atom. The van der Waals surface area contributed by atoms with Gasteiger partial charge >= 0.3 is 0 Å². The smallest absolute Gasteiger partial charge is 0.255 e. The Morgan fingerprint density at radius 2 is 1.65 bits per heavy atom. The van der Waals surface area contributed by atoms with E-state index >= 15 is 0 Å². The number of halogens is 1. The summed E-state index contributed by atoms with van der Waals surface area (Å²) >= 11 is 2.21. The van der Waals surface area contributed by atoms with E-state index in [1.807, 2.05) is 59.5 Å². The predicted molar refractivity (Wildman–Crippen MR) is 128 cm³/mol. The molecular formula is C23H23IN4O3. The standard InChI is InChI=1S/C23H23IN4O3/c1-30-20-9-7-16(15-21(20)31-2)19-8-10-22(26-25-19)27-11-13-28(14-12-27)23(29)17-5-3-4-6-18(17)24/h3-10,15H,11-14H2,1-2H3. The van der Waals surface area contributed by atoms with Gasteiger partial charge in [-0.25, -0.2) is 0 Å². The van der Waals surface area contributed by atoms with Crippen molar-refractivity contribution in [3.63, 3.8) is 0 Å². The van der Waals surface area contributed by atoms with E-state index in [2.05, 4.69) is 37.7 Å². The number of amides is 1. The van der Waals surface area contributed by atoms with Crippen molar-refractivity contribution in [2.24, 2.45) is 0 Å². The third kappa shape index (κ3) is 4.58. The molecule has 1 amide bonds. The molecule has 0 N–H and O–H groups in total. The fourth-order valence-corrected chi connectivity index (χ4v) is 4.21. The van der Waals surface area contributed by atoms with Crippen LogP contribution in [0, 0.1) is 3.57 Å². The van der Waals surface area contributed by atoms with Crippen molar-refractivity contribution < 1.29 is 14.3 Å². The number of carbonyl (C=O) groups excluding carboxylic acids is 1. The van der Waals surface area contributed by atoms with E-state index in [4.69, 9.17) is 9.47 Å². The van der Waals surface area contributed by atoms with Gasteiger partial charge in [0.2, 0.25) is 0 Å². The molecule has 1 fully saturated rings. The highest BCUT2D eigenvalue weighted by Crippen LogP contribution is 2.31. The number of benzene rings is 2. The number of carbonyl (C=O) groups is 1. The number of ether oxygens (including phenoxy) is 2. The molecule has 0 radical (unpaired) electrons. The van der Waals surface area contributed by atoms with Crippen molar-refractivity contribution in [1.82, 2.24) is 15.1 Å². The molecule has 31 heavy (non-hydrogen) atoms. The first-order valence-electron chi connectivity index (χ1n) is 9.95. The molecule has 4 rings (SSSR count). The van der Waals surface area contributed by atoms with Crippen LogP contribution in [0.2, 0.25) is 0 Å². The average molecular weight is 530 g/mol. The molecule has 1 aliphatic rings. The Balaban J connectivity index is 1.42. The maximum absolute atomic E-state index is 12.8. The molecule has 1 aliphatic heterocycles. The first-order valence-corrected chi connectivity index (χ1v) is 11.0. The summed E-state index contributed by atoms with van der Waals surface area (Å²) in [4.78, 5) is 16.9. The fraction of sp³-hybridized carbons (Fsp3) is 0.261. The molecule has 0 saturated carbocycles.